The van der Waals surface area contributed by atoms with Crippen LogP contribution >= 0.6 is 47.0 Å². The van der Waals surface area contributed by atoms with E-state index in [9.17, 15) is 0 Å². The molecule has 0 spiro atoms. The van der Waals surface area contributed by atoms with Crippen LogP contribution in [0.15, 0.2) is 30.5 Å². The van der Waals surface area contributed by atoms with Gasteiger partial charge in [-0.2, -0.15) is 0 Å². The van der Waals surface area contributed by atoms with Gasteiger partial charge in [0.25, 0.3) is 0 Å². The van der Waals surface area contributed by atoms with E-state index in [-0.39, 0.29) is 0 Å². The van der Waals surface area contributed by atoms with Gasteiger partial charge >= 0.3 is 0 Å². The number of para-hydroxylation sites is 1. The van der Waals surface area contributed by atoms with Gasteiger partial charge in [0, 0.05) is 6.20 Å². The van der Waals surface area contributed by atoms with Gasteiger partial charge in [0.1, 0.15) is 0 Å². The molecule has 3 nitrogen and oxygen atoms in total. The van der Waals surface area contributed by atoms with Gasteiger partial charge in [0.05, 0.1) is 26.3 Å². The molecule has 19 heavy (non-hydrogen) atoms. The van der Waals surface area contributed by atoms with Crippen LogP contribution in [0.4, 0.5) is 0 Å². The van der Waals surface area contributed by atoms with Crippen molar-refractivity contribution in [2.24, 2.45) is 0 Å². The summed E-state index contributed by atoms with van der Waals surface area (Å²) in [4.78, 5) is 7.31. The number of aromatic nitrogens is 3. The van der Waals surface area contributed by atoms with Gasteiger partial charge in [-0.1, -0.05) is 40.9 Å². The van der Waals surface area contributed by atoms with Gasteiger partial charge in [-0.05, 0) is 30.4 Å². The van der Waals surface area contributed by atoms with Crippen LogP contribution in [0.3, 0.4) is 0 Å². The van der Waals surface area contributed by atoms with Crippen molar-refractivity contribution in [2.45, 2.75) is 0 Å². The Hall–Kier alpha value is -1.07. The van der Waals surface area contributed by atoms with Crippen molar-refractivity contribution in [2.75, 3.05) is 0 Å². The summed E-state index contributed by atoms with van der Waals surface area (Å²) >= 11 is 23.6. The molecule has 1 N–H and O–H groups in total. The first kappa shape index (κ1) is 12.9. The Kier molecular flexibility index (Phi) is 3.27. The fourth-order valence-corrected chi connectivity index (χ4v) is 2.89. The number of aromatic amines is 1. The second kappa shape index (κ2) is 4.80. The Morgan fingerprint density at radius 3 is 2.53 bits per heavy atom. The summed E-state index contributed by atoms with van der Waals surface area (Å²) in [6.07, 6.45) is 1.55. The van der Waals surface area contributed by atoms with Gasteiger partial charge in [-0.15, -0.1) is 0 Å². The van der Waals surface area contributed by atoms with Crippen LogP contribution in [-0.2, 0) is 0 Å². The first-order valence-electron chi connectivity index (χ1n) is 5.28. The molecule has 3 rings (SSSR count). The van der Waals surface area contributed by atoms with Crippen LogP contribution in [0.5, 0.6) is 0 Å². The van der Waals surface area contributed by atoms with Crippen LogP contribution in [0.25, 0.3) is 16.9 Å². The molecule has 0 aliphatic carbocycles. The number of rotatable bonds is 1. The molecule has 0 unspecified atom stereocenters. The zero-order valence-electron chi connectivity index (χ0n) is 9.32. The van der Waals surface area contributed by atoms with E-state index in [1.807, 2.05) is 0 Å². The molecule has 0 bridgehead atoms. The summed E-state index contributed by atoms with van der Waals surface area (Å²) < 4.78 is 2.16. The van der Waals surface area contributed by atoms with Crippen LogP contribution in [0.1, 0.15) is 0 Å². The molecule has 0 fully saturated rings. The quantitative estimate of drug-likeness (QED) is 0.634. The Bertz CT molecular complexity index is 818. The minimum absolute atomic E-state index is 0.458. The maximum Gasteiger partial charge on any atom is 0.184 e. The number of benzene rings is 1. The summed E-state index contributed by atoms with van der Waals surface area (Å²) in [5.74, 6) is 0. The van der Waals surface area contributed by atoms with Gasteiger partial charge < -0.3 is 4.98 Å². The number of fused-ring (bicyclic) bond motifs is 1. The minimum atomic E-state index is 0.458. The molecule has 7 heteroatoms. The number of nitrogens with one attached hydrogen (secondary N) is 1. The topological polar surface area (TPSA) is 33.6 Å². The van der Waals surface area contributed by atoms with Gasteiger partial charge in [0.15, 0.2) is 10.4 Å². The highest BCUT2D eigenvalue weighted by molar-refractivity contribution is 7.71. The Morgan fingerprint density at radius 1 is 1.16 bits per heavy atom. The molecular formula is C12H6Cl3N3S. The number of H-pyrrole nitrogens is 1. The fraction of sp³-hybridized carbons (Fsp3) is 0. The van der Waals surface area contributed by atoms with E-state index in [1.54, 1.807) is 35.0 Å². The van der Waals surface area contributed by atoms with E-state index in [0.717, 1.165) is 5.52 Å². The van der Waals surface area contributed by atoms with Crippen molar-refractivity contribution in [1.29, 1.82) is 0 Å². The zero-order valence-corrected chi connectivity index (χ0v) is 12.4. The number of imidazole rings is 1. The molecule has 96 valence electrons. The molecule has 3 aromatic rings. The van der Waals surface area contributed by atoms with Crippen molar-refractivity contribution in [3.05, 3.63) is 50.3 Å². The van der Waals surface area contributed by atoms with Crippen LogP contribution < -0.4 is 0 Å². The third-order valence-corrected chi connectivity index (χ3v) is 3.75. The molecule has 1 aromatic carbocycles. The molecule has 0 aliphatic rings. The minimum Gasteiger partial charge on any atom is -0.329 e. The van der Waals surface area contributed by atoms with E-state index in [2.05, 4.69) is 9.97 Å². The highest BCUT2D eigenvalue weighted by atomic mass is 35.5. The molecule has 2 heterocycles. The molecule has 0 atom stereocenters. The number of nitrogens with zero attached hydrogens (tertiary/aromatic N) is 2. The van der Waals surface area contributed by atoms with E-state index in [4.69, 9.17) is 47.0 Å². The first-order chi connectivity index (χ1) is 9.08. The Balaban J connectivity index is 2.43. The summed E-state index contributed by atoms with van der Waals surface area (Å²) in [5.41, 5.74) is 1.97. The molecule has 0 saturated heterocycles. The molecular weight excluding hydrogens is 325 g/mol. The van der Waals surface area contributed by atoms with Gasteiger partial charge in [0.2, 0.25) is 0 Å². The maximum atomic E-state index is 6.21. The first-order valence-corrected chi connectivity index (χ1v) is 6.83. The molecule has 0 radical (unpaired) electrons. The van der Waals surface area contributed by atoms with Crippen molar-refractivity contribution < 1.29 is 0 Å². The molecule has 0 aliphatic heterocycles. The average Bonchev–Trinajstić information content (AvgIpc) is 2.65. The SMILES string of the molecule is S=c1[nH]c2cc(Cl)cnc2n1-c1c(Cl)cccc1Cl. The normalized spacial score (nSPS) is 11.1. The monoisotopic (exact) mass is 329 g/mol. The second-order valence-electron chi connectivity index (χ2n) is 3.86. The van der Waals surface area contributed by atoms with Crippen LogP contribution in [0, 0.1) is 4.77 Å². The third-order valence-electron chi connectivity index (χ3n) is 2.65. The zero-order chi connectivity index (χ0) is 13.6. The van der Waals surface area contributed by atoms with E-state index < -0.39 is 0 Å². The smallest absolute Gasteiger partial charge is 0.184 e. The maximum absolute atomic E-state index is 6.21. The summed E-state index contributed by atoms with van der Waals surface area (Å²) in [5, 5.41) is 1.53. The van der Waals surface area contributed by atoms with Crippen LogP contribution in [-0.4, -0.2) is 14.5 Å². The lowest BCUT2D eigenvalue weighted by Gasteiger charge is -2.08. The summed E-state index contributed by atoms with van der Waals surface area (Å²) in [6.45, 7) is 0. The Labute approximate surface area is 128 Å². The summed E-state index contributed by atoms with van der Waals surface area (Å²) in [6, 6.07) is 7.02. The number of pyridine rings is 1. The number of halogens is 3. The van der Waals surface area contributed by atoms with Crippen molar-refractivity contribution in [3.8, 4) is 5.69 Å². The highest BCUT2D eigenvalue weighted by Crippen LogP contribution is 2.31. The Morgan fingerprint density at radius 2 is 1.84 bits per heavy atom. The van der Waals surface area contributed by atoms with E-state index in [0.29, 0.717) is 31.2 Å². The van der Waals surface area contributed by atoms with Crippen LogP contribution in [0.2, 0.25) is 15.1 Å². The predicted octanol–water partition coefficient (Wildman–Crippen LogP) is 5.04. The van der Waals surface area contributed by atoms with Crippen molar-refractivity contribution >= 4 is 58.2 Å². The van der Waals surface area contributed by atoms with Crippen molar-refractivity contribution in [3.63, 3.8) is 0 Å². The second-order valence-corrected chi connectivity index (χ2v) is 5.50. The van der Waals surface area contributed by atoms with Crippen molar-refractivity contribution in [1.82, 2.24) is 14.5 Å². The summed E-state index contributed by atoms with van der Waals surface area (Å²) in [7, 11) is 0. The largest absolute Gasteiger partial charge is 0.329 e. The van der Waals surface area contributed by atoms with E-state index >= 15 is 0 Å². The lowest BCUT2D eigenvalue weighted by molar-refractivity contribution is 1.04. The number of hydrogen-bond donors (Lipinski definition) is 1. The standard InChI is InChI=1S/C12H6Cl3N3S/c13-6-4-9-11(16-5-6)18(12(19)17-9)10-7(14)2-1-3-8(10)15/h1-5H,(H,17,19). The van der Waals surface area contributed by atoms with E-state index in [1.165, 1.54) is 0 Å². The molecule has 0 amide bonds. The van der Waals surface area contributed by atoms with Gasteiger partial charge in [-0.25, -0.2) is 4.98 Å². The molecule has 2 aromatic heterocycles. The lowest BCUT2D eigenvalue weighted by Crippen LogP contribution is -1.97. The highest BCUT2D eigenvalue weighted by Gasteiger charge is 2.14. The number of hydrogen-bond acceptors (Lipinski definition) is 2. The van der Waals surface area contributed by atoms with Gasteiger partial charge in [-0.3, -0.25) is 4.57 Å². The average molecular weight is 331 g/mol. The predicted molar refractivity (Wildman–Crippen MR) is 81.3 cm³/mol. The fourth-order valence-electron chi connectivity index (χ4n) is 1.88. The molecule has 0 saturated carbocycles. The lowest BCUT2D eigenvalue weighted by atomic mass is 10.3. The third kappa shape index (κ3) is 2.15.